The number of aryl methyl sites for hydroxylation is 1. The highest BCUT2D eigenvalue weighted by atomic mass is 19.1. The van der Waals surface area contributed by atoms with Gasteiger partial charge in [-0.3, -0.25) is 9.59 Å². The lowest BCUT2D eigenvalue weighted by atomic mass is 9.91. The summed E-state index contributed by atoms with van der Waals surface area (Å²) in [4.78, 5) is 24.5. The Morgan fingerprint density at radius 2 is 1.87 bits per heavy atom. The Balaban J connectivity index is 1.99. The summed E-state index contributed by atoms with van der Waals surface area (Å²) in [6.45, 7) is 1.58. The van der Waals surface area contributed by atoms with Crippen LogP contribution in [0.15, 0.2) is 48.5 Å². The Hall–Kier alpha value is -2.80. The van der Waals surface area contributed by atoms with Crippen LogP contribution in [0.5, 0.6) is 0 Å². The molecule has 0 aliphatic rings. The molecule has 2 aromatic rings. The zero-order valence-corrected chi connectivity index (χ0v) is 12.8. The van der Waals surface area contributed by atoms with Gasteiger partial charge >= 0.3 is 0 Å². The molecule has 4 heteroatoms. The zero-order chi connectivity index (χ0) is 16.8. The highest BCUT2D eigenvalue weighted by Gasteiger charge is 2.22. The fraction of sp³-hybridized carbons (Fsp3) is 0.211. The minimum Gasteiger partial charge on any atom is -0.299 e. The van der Waals surface area contributed by atoms with Crippen molar-refractivity contribution < 1.29 is 14.0 Å². The molecule has 2 rings (SSSR count). The van der Waals surface area contributed by atoms with E-state index >= 15 is 0 Å². The summed E-state index contributed by atoms with van der Waals surface area (Å²) in [7, 11) is 0. The second-order valence-corrected chi connectivity index (χ2v) is 5.37. The number of hydrogen-bond donors (Lipinski definition) is 0. The molecule has 1 unspecified atom stereocenters. The zero-order valence-electron chi connectivity index (χ0n) is 12.8. The molecule has 0 radical (unpaired) electrons. The van der Waals surface area contributed by atoms with E-state index in [2.05, 4.69) is 0 Å². The Labute approximate surface area is 134 Å². The fourth-order valence-corrected chi connectivity index (χ4v) is 2.27. The lowest BCUT2D eigenvalue weighted by Gasteiger charge is -2.10. The average molecular weight is 309 g/mol. The SMILES string of the molecule is CC(C(=O)CCc1ccc(F)cc1)C(=O)c1cccc(C#N)c1. The number of halogens is 1. The van der Waals surface area contributed by atoms with Crippen molar-refractivity contribution in [3.8, 4) is 6.07 Å². The molecular weight excluding hydrogens is 293 g/mol. The number of carbonyl (C=O) groups is 2. The highest BCUT2D eigenvalue weighted by molar-refractivity contribution is 6.10. The quantitative estimate of drug-likeness (QED) is 0.603. The van der Waals surface area contributed by atoms with E-state index in [1.807, 2.05) is 6.07 Å². The van der Waals surface area contributed by atoms with E-state index in [1.165, 1.54) is 18.2 Å². The maximum atomic E-state index is 12.8. The summed E-state index contributed by atoms with van der Waals surface area (Å²) in [6.07, 6.45) is 0.686. The molecule has 0 saturated heterocycles. The van der Waals surface area contributed by atoms with E-state index < -0.39 is 5.92 Å². The molecule has 0 bridgehead atoms. The lowest BCUT2D eigenvalue weighted by molar-refractivity contribution is -0.121. The van der Waals surface area contributed by atoms with Crippen molar-refractivity contribution in [2.45, 2.75) is 19.8 Å². The predicted octanol–water partition coefficient (Wildman–Crippen LogP) is 3.72. The monoisotopic (exact) mass is 309 g/mol. The number of nitrogens with zero attached hydrogens (tertiary/aromatic N) is 1. The molecule has 0 amide bonds. The second-order valence-electron chi connectivity index (χ2n) is 5.37. The molecule has 23 heavy (non-hydrogen) atoms. The van der Waals surface area contributed by atoms with Crippen LogP contribution < -0.4 is 0 Å². The van der Waals surface area contributed by atoms with E-state index in [4.69, 9.17) is 5.26 Å². The molecule has 2 aromatic carbocycles. The lowest BCUT2D eigenvalue weighted by Crippen LogP contribution is -2.21. The minimum atomic E-state index is -0.760. The summed E-state index contributed by atoms with van der Waals surface area (Å²) in [5.41, 5.74) is 1.61. The molecule has 0 aromatic heterocycles. The highest BCUT2D eigenvalue weighted by Crippen LogP contribution is 2.15. The van der Waals surface area contributed by atoms with Gasteiger partial charge in [0.2, 0.25) is 0 Å². The summed E-state index contributed by atoms with van der Waals surface area (Å²) < 4.78 is 12.8. The number of hydrogen-bond acceptors (Lipinski definition) is 3. The van der Waals surface area contributed by atoms with E-state index in [0.717, 1.165) is 5.56 Å². The Bertz CT molecular complexity index is 760. The van der Waals surface area contributed by atoms with Crippen LogP contribution in [0.3, 0.4) is 0 Å². The van der Waals surface area contributed by atoms with Gasteiger partial charge in [-0.2, -0.15) is 5.26 Å². The topological polar surface area (TPSA) is 57.9 Å². The van der Waals surface area contributed by atoms with Crippen molar-refractivity contribution in [1.82, 2.24) is 0 Å². The van der Waals surface area contributed by atoms with Gasteiger partial charge in [-0.25, -0.2) is 4.39 Å². The molecule has 0 fully saturated rings. The van der Waals surface area contributed by atoms with E-state index in [9.17, 15) is 14.0 Å². The average Bonchev–Trinajstić information content (AvgIpc) is 2.59. The van der Waals surface area contributed by atoms with Crippen molar-refractivity contribution in [3.63, 3.8) is 0 Å². The number of rotatable bonds is 6. The molecule has 0 heterocycles. The molecule has 0 aliphatic heterocycles. The van der Waals surface area contributed by atoms with Gasteiger partial charge in [-0.05, 0) is 43.2 Å². The van der Waals surface area contributed by atoms with Crippen LogP contribution in [-0.4, -0.2) is 11.6 Å². The molecule has 0 saturated carbocycles. The molecule has 1 atom stereocenters. The molecule has 116 valence electrons. The first-order valence-electron chi connectivity index (χ1n) is 7.33. The van der Waals surface area contributed by atoms with Gasteiger partial charge < -0.3 is 0 Å². The Morgan fingerprint density at radius 3 is 2.52 bits per heavy atom. The number of Topliss-reactive ketones (excluding diaryl/α,β-unsaturated/α-hetero) is 2. The van der Waals surface area contributed by atoms with Gasteiger partial charge in [-0.15, -0.1) is 0 Å². The largest absolute Gasteiger partial charge is 0.299 e. The van der Waals surface area contributed by atoms with Crippen LogP contribution in [0.2, 0.25) is 0 Å². The molecule has 0 N–H and O–H groups in total. The van der Waals surface area contributed by atoms with Gasteiger partial charge in [0.05, 0.1) is 17.6 Å². The van der Waals surface area contributed by atoms with E-state index in [1.54, 1.807) is 37.3 Å². The standard InChI is InChI=1S/C19H16FNO2/c1-13(19(23)16-4-2-3-15(11-16)12-21)18(22)10-7-14-5-8-17(20)9-6-14/h2-6,8-9,11,13H,7,10H2,1H3. The third-order valence-corrected chi connectivity index (χ3v) is 3.73. The first-order chi connectivity index (χ1) is 11.0. The fourth-order valence-electron chi connectivity index (χ4n) is 2.27. The van der Waals surface area contributed by atoms with Gasteiger partial charge in [0.1, 0.15) is 11.6 Å². The molecule has 0 spiro atoms. The van der Waals surface area contributed by atoms with Crippen LogP contribution in [-0.2, 0) is 11.2 Å². The van der Waals surface area contributed by atoms with Crippen LogP contribution in [0.25, 0.3) is 0 Å². The number of ketones is 2. The summed E-state index contributed by atoms with van der Waals surface area (Å²) in [5.74, 6) is -1.53. The summed E-state index contributed by atoms with van der Waals surface area (Å²) in [6, 6.07) is 14.3. The van der Waals surface area contributed by atoms with Crippen molar-refractivity contribution in [2.24, 2.45) is 5.92 Å². The normalized spacial score (nSPS) is 11.5. The maximum Gasteiger partial charge on any atom is 0.173 e. The summed E-state index contributed by atoms with van der Waals surface area (Å²) >= 11 is 0. The molecule has 0 aliphatic carbocycles. The third-order valence-electron chi connectivity index (χ3n) is 3.73. The van der Waals surface area contributed by atoms with Crippen molar-refractivity contribution in [3.05, 3.63) is 71.0 Å². The molecule has 3 nitrogen and oxygen atoms in total. The Kier molecular flexibility index (Phi) is 5.37. The predicted molar refractivity (Wildman–Crippen MR) is 84.4 cm³/mol. The van der Waals surface area contributed by atoms with E-state index in [-0.39, 0.29) is 23.8 Å². The number of benzene rings is 2. The summed E-state index contributed by atoms with van der Waals surface area (Å²) in [5, 5.41) is 8.87. The van der Waals surface area contributed by atoms with Gasteiger partial charge in [0.15, 0.2) is 5.78 Å². The van der Waals surface area contributed by atoms with Crippen LogP contribution in [0.4, 0.5) is 4.39 Å². The molecular formula is C19H16FNO2. The first kappa shape index (κ1) is 16.6. The van der Waals surface area contributed by atoms with Crippen molar-refractivity contribution in [1.29, 1.82) is 5.26 Å². The van der Waals surface area contributed by atoms with E-state index in [0.29, 0.717) is 17.5 Å². The minimum absolute atomic E-state index is 0.165. The first-order valence-corrected chi connectivity index (χ1v) is 7.33. The van der Waals surface area contributed by atoms with Crippen LogP contribution in [0, 0.1) is 23.1 Å². The smallest absolute Gasteiger partial charge is 0.173 e. The van der Waals surface area contributed by atoms with Crippen molar-refractivity contribution >= 4 is 11.6 Å². The van der Waals surface area contributed by atoms with Crippen LogP contribution >= 0.6 is 0 Å². The Morgan fingerprint density at radius 1 is 1.17 bits per heavy atom. The van der Waals surface area contributed by atoms with Gasteiger partial charge in [0, 0.05) is 12.0 Å². The maximum absolute atomic E-state index is 12.8. The number of nitriles is 1. The second kappa shape index (κ2) is 7.46. The van der Waals surface area contributed by atoms with Gasteiger partial charge in [-0.1, -0.05) is 24.3 Å². The van der Waals surface area contributed by atoms with Crippen molar-refractivity contribution in [2.75, 3.05) is 0 Å². The van der Waals surface area contributed by atoms with Gasteiger partial charge in [0.25, 0.3) is 0 Å². The van der Waals surface area contributed by atoms with Crippen LogP contribution in [0.1, 0.15) is 34.8 Å². The number of carbonyl (C=O) groups excluding carboxylic acids is 2. The third kappa shape index (κ3) is 4.33.